The molecule has 1 aliphatic rings. The number of hydrogen-bond donors (Lipinski definition) is 0. The largest absolute Gasteiger partial charge is 0.457 e. The molecule has 3 aromatic carbocycles. The van der Waals surface area contributed by atoms with Crippen LogP contribution in [-0.4, -0.2) is 16.6 Å². The van der Waals surface area contributed by atoms with Gasteiger partial charge in [0.05, 0.1) is 22.8 Å². The molecule has 0 bridgehead atoms. The van der Waals surface area contributed by atoms with E-state index in [9.17, 15) is 0 Å². The summed E-state index contributed by atoms with van der Waals surface area (Å²) in [5.74, 6) is 1.52. The standard InChI is InChI=1S/C33H30N4O/c1-33(2,3)24-19-26(37-23-36(25-11-5-4-6-12-25)31-14-7-8-15-32(31)37)21-28(20-24)38-27-16-18-35-30(22-27)29-13-9-10-17-34-29/h4-22H,23H2,1-3H3. The Kier molecular flexibility index (Phi) is 6.04. The lowest BCUT2D eigenvalue weighted by Gasteiger charge is -2.26. The van der Waals surface area contributed by atoms with Gasteiger partial charge in [-0.15, -0.1) is 0 Å². The molecule has 3 heterocycles. The molecular formula is C33H30N4O. The van der Waals surface area contributed by atoms with E-state index in [1.165, 1.54) is 22.6 Å². The topological polar surface area (TPSA) is 41.5 Å². The summed E-state index contributed by atoms with van der Waals surface area (Å²) in [6.45, 7) is 7.41. The van der Waals surface area contributed by atoms with E-state index in [2.05, 4.69) is 113 Å². The summed E-state index contributed by atoms with van der Waals surface area (Å²) in [6, 6.07) is 35.3. The fourth-order valence-electron chi connectivity index (χ4n) is 4.76. The van der Waals surface area contributed by atoms with E-state index in [4.69, 9.17) is 4.74 Å². The third-order valence-electron chi connectivity index (χ3n) is 6.78. The number of aromatic nitrogens is 2. The number of benzene rings is 3. The van der Waals surface area contributed by atoms with Gasteiger partial charge in [0, 0.05) is 35.9 Å². The van der Waals surface area contributed by atoms with Crippen molar-refractivity contribution in [2.75, 3.05) is 16.5 Å². The Labute approximate surface area is 224 Å². The SMILES string of the molecule is CC(C)(C)c1cc(Oc2ccnc(-c3ccccn3)c2)cc(N2CN(c3ccccc3)c3ccccc32)c1. The molecule has 0 unspecified atom stereocenters. The second-order valence-electron chi connectivity index (χ2n) is 10.5. The van der Waals surface area contributed by atoms with Crippen molar-refractivity contribution in [2.24, 2.45) is 0 Å². The van der Waals surface area contributed by atoms with Crippen LogP contribution in [0, 0.1) is 0 Å². The number of rotatable bonds is 5. The lowest BCUT2D eigenvalue weighted by Crippen LogP contribution is -2.24. The Morgan fingerprint density at radius 1 is 0.605 bits per heavy atom. The summed E-state index contributed by atoms with van der Waals surface area (Å²) < 4.78 is 6.47. The van der Waals surface area contributed by atoms with Gasteiger partial charge in [0.25, 0.3) is 0 Å². The fraction of sp³-hybridized carbons (Fsp3) is 0.152. The van der Waals surface area contributed by atoms with Gasteiger partial charge in [-0.05, 0) is 65.6 Å². The molecule has 0 aliphatic carbocycles. The maximum absolute atomic E-state index is 6.47. The molecule has 6 rings (SSSR count). The predicted molar refractivity (Wildman–Crippen MR) is 155 cm³/mol. The summed E-state index contributed by atoms with van der Waals surface area (Å²) in [4.78, 5) is 13.6. The minimum atomic E-state index is -0.0517. The van der Waals surface area contributed by atoms with E-state index in [0.29, 0.717) is 0 Å². The third kappa shape index (κ3) is 4.71. The van der Waals surface area contributed by atoms with Crippen molar-refractivity contribution in [2.45, 2.75) is 26.2 Å². The monoisotopic (exact) mass is 498 g/mol. The van der Waals surface area contributed by atoms with E-state index in [-0.39, 0.29) is 5.41 Å². The Balaban J connectivity index is 1.39. The van der Waals surface area contributed by atoms with Crippen molar-refractivity contribution in [1.82, 2.24) is 9.97 Å². The van der Waals surface area contributed by atoms with Crippen molar-refractivity contribution in [3.8, 4) is 22.9 Å². The van der Waals surface area contributed by atoms with Crippen molar-refractivity contribution < 1.29 is 4.74 Å². The number of para-hydroxylation sites is 3. The van der Waals surface area contributed by atoms with Gasteiger partial charge in [0.15, 0.2) is 0 Å². The number of hydrogen-bond acceptors (Lipinski definition) is 5. The van der Waals surface area contributed by atoms with Crippen LogP contribution in [0.15, 0.2) is 116 Å². The van der Waals surface area contributed by atoms with Crippen molar-refractivity contribution in [1.29, 1.82) is 0 Å². The Hall–Kier alpha value is -4.64. The molecule has 0 saturated carbocycles. The van der Waals surface area contributed by atoms with Gasteiger partial charge in [0.2, 0.25) is 0 Å². The van der Waals surface area contributed by atoms with Crippen LogP contribution in [0.1, 0.15) is 26.3 Å². The van der Waals surface area contributed by atoms with Crippen LogP contribution in [0.3, 0.4) is 0 Å². The Morgan fingerprint density at radius 2 is 1.29 bits per heavy atom. The number of nitrogens with zero attached hydrogens (tertiary/aromatic N) is 4. The highest BCUT2D eigenvalue weighted by Crippen LogP contribution is 2.45. The van der Waals surface area contributed by atoms with Crippen LogP contribution >= 0.6 is 0 Å². The molecule has 0 amide bonds. The van der Waals surface area contributed by atoms with Gasteiger partial charge >= 0.3 is 0 Å². The van der Waals surface area contributed by atoms with E-state index in [0.717, 1.165) is 35.2 Å². The number of anilines is 4. The van der Waals surface area contributed by atoms with Crippen molar-refractivity contribution in [3.63, 3.8) is 0 Å². The highest BCUT2D eigenvalue weighted by Gasteiger charge is 2.29. The first-order valence-electron chi connectivity index (χ1n) is 12.9. The van der Waals surface area contributed by atoms with Crippen LogP contribution in [0.2, 0.25) is 0 Å². The highest BCUT2D eigenvalue weighted by molar-refractivity contribution is 5.87. The van der Waals surface area contributed by atoms with Gasteiger partial charge in [-0.25, -0.2) is 0 Å². The van der Waals surface area contributed by atoms with Gasteiger partial charge in [-0.2, -0.15) is 0 Å². The molecule has 5 heteroatoms. The predicted octanol–water partition coefficient (Wildman–Crippen LogP) is 8.48. The van der Waals surface area contributed by atoms with Crippen LogP contribution in [0.4, 0.5) is 22.7 Å². The maximum Gasteiger partial charge on any atom is 0.131 e. The van der Waals surface area contributed by atoms with E-state index in [1.54, 1.807) is 12.4 Å². The number of ether oxygens (including phenoxy) is 1. The molecule has 1 aliphatic heterocycles. The molecular weight excluding hydrogens is 468 g/mol. The first kappa shape index (κ1) is 23.7. The smallest absolute Gasteiger partial charge is 0.131 e. The van der Waals surface area contributed by atoms with Gasteiger partial charge in [0.1, 0.15) is 18.2 Å². The average molecular weight is 499 g/mol. The highest BCUT2D eigenvalue weighted by atomic mass is 16.5. The average Bonchev–Trinajstić information content (AvgIpc) is 3.33. The summed E-state index contributed by atoms with van der Waals surface area (Å²) in [7, 11) is 0. The summed E-state index contributed by atoms with van der Waals surface area (Å²) in [5, 5.41) is 0. The molecule has 0 N–H and O–H groups in total. The second kappa shape index (κ2) is 9.67. The van der Waals surface area contributed by atoms with Crippen LogP contribution in [0.25, 0.3) is 11.4 Å². The maximum atomic E-state index is 6.47. The van der Waals surface area contributed by atoms with E-state index >= 15 is 0 Å². The Bertz CT molecular complexity index is 1560. The molecule has 0 atom stereocenters. The van der Waals surface area contributed by atoms with Crippen LogP contribution in [0.5, 0.6) is 11.5 Å². The first-order valence-corrected chi connectivity index (χ1v) is 12.9. The number of pyridine rings is 2. The zero-order chi connectivity index (χ0) is 26.1. The molecule has 38 heavy (non-hydrogen) atoms. The second-order valence-corrected chi connectivity index (χ2v) is 10.5. The molecule has 0 spiro atoms. The molecule has 5 nitrogen and oxygen atoms in total. The summed E-state index contributed by atoms with van der Waals surface area (Å²) in [6.07, 6.45) is 3.54. The summed E-state index contributed by atoms with van der Waals surface area (Å²) in [5.41, 5.74) is 7.39. The third-order valence-corrected chi connectivity index (χ3v) is 6.78. The molecule has 5 aromatic rings. The summed E-state index contributed by atoms with van der Waals surface area (Å²) >= 11 is 0. The first-order chi connectivity index (χ1) is 18.5. The molecule has 188 valence electrons. The van der Waals surface area contributed by atoms with Gasteiger partial charge in [-0.1, -0.05) is 57.2 Å². The molecule has 2 aromatic heterocycles. The quantitative estimate of drug-likeness (QED) is 0.243. The normalized spacial score (nSPS) is 12.9. The lowest BCUT2D eigenvalue weighted by atomic mass is 9.86. The molecule has 0 saturated heterocycles. The van der Waals surface area contributed by atoms with E-state index in [1.807, 2.05) is 30.3 Å². The zero-order valence-electron chi connectivity index (χ0n) is 21.9. The molecule has 0 radical (unpaired) electrons. The van der Waals surface area contributed by atoms with Gasteiger partial charge < -0.3 is 14.5 Å². The fourth-order valence-corrected chi connectivity index (χ4v) is 4.76. The van der Waals surface area contributed by atoms with Gasteiger partial charge in [-0.3, -0.25) is 9.97 Å². The molecule has 0 fully saturated rings. The lowest BCUT2D eigenvalue weighted by molar-refractivity contribution is 0.478. The number of fused-ring (bicyclic) bond motifs is 1. The van der Waals surface area contributed by atoms with Crippen molar-refractivity contribution in [3.05, 3.63) is 121 Å². The van der Waals surface area contributed by atoms with Crippen LogP contribution in [-0.2, 0) is 5.41 Å². The minimum absolute atomic E-state index is 0.0517. The van der Waals surface area contributed by atoms with Crippen molar-refractivity contribution >= 4 is 22.7 Å². The van der Waals surface area contributed by atoms with Crippen LogP contribution < -0.4 is 14.5 Å². The van der Waals surface area contributed by atoms with E-state index < -0.39 is 0 Å². The zero-order valence-corrected chi connectivity index (χ0v) is 21.9. The Morgan fingerprint density at radius 3 is 2.00 bits per heavy atom. The minimum Gasteiger partial charge on any atom is -0.457 e.